The van der Waals surface area contributed by atoms with Gasteiger partial charge in [0.05, 0.1) is 0 Å². The minimum Gasteiger partial charge on any atom is -0.313 e. The third-order valence-electron chi connectivity index (χ3n) is 3.87. The van der Waals surface area contributed by atoms with Crippen LogP contribution in [-0.4, -0.2) is 18.3 Å². The van der Waals surface area contributed by atoms with Gasteiger partial charge in [0.1, 0.15) is 0 Å². The molecule has 100 valence electrons. The third-order valence-corrected chi connectivity index (χ3v) is 5.21. The first kappa shape index (κ1) is 14.0. The summed E-state index contributed by atoms with van der Waals surface area (Å²) in [7, 11) is 0. The lowest BCUT2D eigenvalue weighted by atomic mass is 9.81. The number of rotatable bonds is 7. The molecule has 1 aliphatic rings. The summed E-state index contributed by atoms with van der Waals surface area (Å²) in [6.45, 7) is 5.51. The Kier molecular flexibility index (Phi) is 5.58. The molecule has 18 heavy (non-hydrogen) atoms. The minimum absolute atomic E-state index is 0.685. The van der Waals surface area contributed by atoms with Crippen LogP contribution < -0.4 is 5.32 Å². The van der Waals surface area contributed by atoms with Crippen LogP contribution in [0.3, 0.4) is 0 Å². The Morgan fingerprint density at radius 3 is 2.72 bits per heavy atom. The summed E-state index contributed by atoms with van der Waals surface area (Å²) in [5.41, 5.74) is 1.40. The van der Waals surface area contributed by atoms with Gasteiger partial charge in [0.15, 0.2) is 0 Å². The van der Waals surface area contributed by atoms with E-state index in [1.165, 1.54) is 41.9 Å². The number of nitrogens with one attached hydrogen (secondary N) is 1. The standard InChI is InChI=1S/C16H25NS/c1-3-17-15(11-14-8-6-9-14)12-18-16-10-5-4-7-13(16)2/h4-5,7,10,14-15,17H,3,6,8-9,11-12H2,1-2H3. The lowest BCUT2D eigenvalue weighted by Crippen LogP contribution is -2.34. The van der Waals surface area contributed by atoms with Crippen molar-refractivity contribution >= 4 is 11.8 Å². The molecule has 2 rings (SSSR count). The average Bonchev–Trinajstić information content (AvgIpc) is 2.32. The van der Waals surface area contributed by atoms with Crippen LogP contribution in [0.15, 0.2) is 29.2 Å². The van der Waals surface area contributed by atoms with Crippen molar-refractivity contribution in [2.45, 2.75) is 50.5 Å². The van der Waals surface area contributed by atoms with E-state index in [-0.39, 0.29) is 0 Å². The van der Waals surface area contributed by atoms with Crippen LogP contribution in [0.4, 0.5) is 0 Å². The van der Waals surface area contributed by atoms with Crippen LogP contribution in [0.2, 0.25) is 0 Å². The van der Waals surface area contributed by atoms with Crippen LogP contribution in [0.5, 0.6) is 0 Å². The fourth-order valence-electron chi connectivity index (χ4n) is 2.54. The number of hydrogen-bond acceptors (Lipinski definition) is 2. The van der Waals surface area contributed by atoms with Gasteiger partial charge < -0.3 is 5.32 Å². The Morgan fingerprint density at radius 1 is 1.33 bits per heavy atom. The lowest BCUT2D eigenvalue weighted by molar-refractivity contribution is 0.269. The lowest BCUT2D eigenvalue weighted by Gasteiger charge is -2.30. The molecule has 0 aromatic heterocycles. The van der Waals surface area contributed by atoms with E-state index < -0.39 is 0 Å². The predicted octanol–water partition coefficient (Wildman–Crippen LogP) is 4.26. The molecule has 1 unspecified atom stereocenters. The molecule has 1 atom stereocenters. The molecule has 0 saturated heterocycles. The van der Waals surface area contributed by atoms with Gasteiger partial charge in [-0.1, -0.05) is 44.4 Å². The summed E-state index contributed by atoms with van der Waals surface area (Å²) in [4.78, 5) is 1.44. The number of hydrogen-bond donors (Lipinski definition) is 1. The summed E-state index contributed by atoms with van der Waals surface area (Å²) >= 11 is 2.01. The molecular weight excluding hydrogens is 238 g/mol. The van der Waals surface area contributed by atoms with Gasteiger partial charge in [0.25, 0.3) is 0 Å². The Bertz CT molecular complexity index is 360. The van der Waals surface area contributed by atoms with Gasteiger partial charge in [0, 0.05) is 16.7 Å². The molecule has 1 fully saturated rings. The first-order valence-electron chi connectivity index (χ1n) is 7.21. The van der Waals surface area contributed by atoms with Crippen LogP contribution in [0.1, 0.15) is 38.2 Å². The Morgan fingerprint density at radius 2 is 2.11 bits per heavy atom. The first-order valence-corrected chi connectivity index (χ1v) is 8.20. The van der Waals surface area contributed by atoms with E-state index in [1.807, 2.05) is 11.8 Å². The van der Waals surface area contributed by atoms with Crippen molar-refractivity contribution in [2.75, 3.05) is 12.3 Å². The van der Waals surface area contributed by atoms with E-state index in [1.54, 1.807) is 0 Å². The van der Waals surface area contributed by atoms with Gasteiger partial charge in [-0.3, -0.25) is 0 Å². The second kappa shape index (κ2) is 7.20. The number of benzene rings is 1. The second-order valence-corrected chi connectivity index (χ2v) is 6.43. The van der Waals surface area contributed by atoms with Crippen LogP contribution >= 0.6 is 11.8 Å². The van der Waals surface area contributed by atoms with Crippen molar-refractivity contribution in [3.8, 4) is 0 Å². The molecule has 0 heterocycles. The molecule has 1 saturated carbocycles. The zero-order chi connectivity index (χ0) is 12.8. The zero-order valence-corrected chi connectivity index (χ0v) is 12.4. The molecule has 0 aliphatic heterocycles. The van der Waals surface area contributed by atoms with Crippen molar-refractivity contribution < 1.29 is 0 Å². The summed E-state index contributed by atoms with van der Waals surface area (Å²) in [6, 6.07) is 9.40. The van der Waals surface area contributed by atoms with Gasteiger partial charge in [-0.15, -0.1) is 11.8 Å². The molecule has 0 bridgehead atoms. The first-order chi connectivity index (χ1) is 8.79. The molecular formula is C16H25NS. The number of thioether (sulfide) groups is 1. The maximum Gasteiger partial charge on any atom is 0.0164 e. The normalized spacial score (nSPS) is 17.4. The van der Waals surface area contributed by atoms with Crippen molar-refractivity contribution in [1.82, 2.24) is 5.32 Å². The third kappa shape index (κ3) is 4.03. The van der Waals surface area contributed by atoms with Crippen LogP contribution in [0, 0.1) is 12.8 Å². The summed E-state index contributed by atoms with van der Waals surface area (Å²) in [6.07, 6.45) is 5.73. The fourth-order valence-corrected chi connectivity index (χ4v) is 3.64. The monoisotopic (exact) mass is 263 g/mol. The SMILES string of the molecule is CCNC(CSc1ccccc1C)CC1CCC1. The maximum absolute atomic E-state index is 3.65. The minimum atomic E-state index is 0.685. The molecule has 0 amide bonds. The quantitative estimate of drug-likeness (QED) is 0.738. The highest BCUT2D eigenvalue weighted by molar-refractivity contribution is 7.99. The molecule has 1 aliphatic carbocycles. The zero-order valence-electron chi connectivity index (χ0n) is 11.6. The van der Waals surface area contributed by atoms with Crippen LogP contribution in [-0.2, 0) is 0 Å². The molecule has 1 N–H and O–H groups in total. The predicted molar refractivity (Wildman–Crippen MR) is 81.3 cm³/mol. The Hall–Kier alpha value is -0.470. The highest BCUT2D eigenvalue weighted by atomic mass is 32.2. The van der Waals surface area contributed by atoms with Crippen molar-refractivity contribution in [3.05, 3.63) is 29.8 Å². The van der Waals surface area contributed by atoms with Gasteiger partial charge in [-0.2, -0.15) is 0 Å². The van der Waals surface area contributed by atoms with Crippen molar-refractivity contribution in [1.29, 1.82) is 0 Å². The van der Waals surface area contributed by atoms with Gasteiger partial charge in [-0.05, 0) is 37.4 Å². The molecule has 1 nitrogen and oxygen atoms in total. The van der Waals surface area contributed by atoms with E-state index in [0.29, 0.717) is 6.04 Å². The average molecular weight is 263 g/mol. The van der Waals surface area contributed by atoms with E-state index in [0.717, 1.165) is 12.5 Å². The highest BCUT2D eigenvalue weighted by Gasteiger charge is 2.21. The van der Waals surface area contributed by atoms with E-state index in [2.05, 4.69) is 43.4 Å². The molecule has 0 spiro atoms. The smallest absolute Gasteiger partial charge is 0.0164 e. The molecule has 1 aromatic carbocycles. The maximum atomic E-state index is 3.65. The summed E-state index contributed by atoms with van der Waals surface area (Å²) in [5, 5.41) is 3.65. The van der Waals surface area contributed by atoms with E-state index in [9.17, 15) is 0 Å². The van der Waals surface area contributed by atoms with Gasteiger partial charge in [-0.25, -0.2) is 0 Å². The largest absolute Gasteiger partial charge is 0.313 e. The van der Waals surface area contributed by atoms with E-state index in [4.69, 9.17) is 0 Å². The van der Waals surface area contributed by atoms with Gasteiger partial charge >= 0.3 is 0 Å². The van der Waals surface area contributed by atoms with E-state index >= 15 is 0 Å². The number of aryl methyl sites for hydroxylation is 1. The molecule has 1 aromatic rings. The summed E-state index contributed by atoms with van der Waals surface area (Å²) in [5.74, 6) is 2.20. The van der Waals surface area contributed by atoms with Crippen molar-refractivity contribution in [2.24, 2.45) is 5.92 Å². The topological polar surface area (TPSA) is 12.0 Å². The van der Waals surface area contributed by atoms with Crippen LogP contribution in [0.25, 0.3) is 0 Å². The Balaban J connectivity index is 1.82. The highest BCUT2D eigenvalue weighted by Crippen LogP contribution is 2.32. The van der Waals surface area contributed by atoms with Gasteiger partial charge in [0.2, 0.25) is 0 Å². The molecule has 0 radical (unpaired) electrons. The fraction of sp³-hybridized carbons (Fsp3) is 0.625. The molecule has 2 heteroatoms. The summed E-state index contributed by atoms with van der Waals surface area (Å²) < 4.78 is 0. The Labute approximate surface area is 116 Å². The second-order valence-electron chi connectivity index (χ2n) is 5.36. The van der Waals surface area contributed by atoms with Crippen molar-refractivity contribution in [3.63, 3.8) is 0 Å².